The predicted octanol–water partition coefficient (Wildman–Crippen LogP) is 32.5. The van der Waals surface area contributed by atoms with Crippen LogP contribution in [0.25, 0.3) is 0 Å². The molecule has 0 fully saturated rings. The zero-order valence-electron chi connectivity index (χ0n) is 63.1. The van der Waals surface area contributed by atoms with Crippen LogP contribution in [0, 0.1) is 0 Å². The third-order valence-corrected chi connectivity index (χ3v) is 21.6. The molecule has 0 bridgehead atoms. The van der Waals surface area contributed by atoms with Gasteiger partial charge in [-0.1, -0.05) is 539 Å². The van der Waals surface area contributed by atoms with E-state index in [4.69, 9.17) is 10.2 Å². The summed E-state index contributed by atoms with van der Waals surface area (Å²) in [5.74, 6) is 0. The number of hydrogen-bond acceptors (Lipinski definition) is 2. The third kappa shape index (κ3) is 87.9. The molecule has 0 aliphatic carbocycles. The van der Waals surface area contributed by atoms with Crippen molar-refractivity contribution in [2.24, 2.45) is 0 Å². The van der Waals surface area contributed by atoms with Crippen LogP contribution >= 0.6 is 0 Å². The van der Waals surface area contributed by atoms with Crippen molar-refractivity contribution in [2.45, 2.75) is 552 Å². The SMILES string of the molecule is OCCCCCCCCCCCCCCCCCCCCCCCCCCCCCCCCCCCCCCCCCCCCCCCCCCCCCCCCCCCCCCCCCCCCCCCCCCCCCCCCCCCCCCCCO. The van der Waals surface area contributed by atoms with E-state index in [1.165, 1.54) is 539 Å². The van der Waals surface area contributed by atoms with E-state index >= 15 is 0 Å². The van der Waals surface area contributed by atoms with Gasteiger partial charge in [0.15, 0.2) is 0 Å². The molecule has 0 atom stereocenters. The van der Waals surface area contributed by atoms with Crippen LogP contribution < -0.4 is 0 Å². The summed E-state index contributed by atoms with van der Waals surface area (Å²) >= 11 is 0. The van der Waals surface area contributed by atoms with Crippen LogP contribution in [0.2, 0.25) is 0 Å². The van der Waals surface area contributed by atoms with Gasteiger partial charge in [0.25, 0.3) is 0 Å². The topological polar surface area (TPSA) is 40.5 Å². The van der Waals surface area contributed by atoms with Gasteiger partial charge in [0.2, 0.25) is 0 Å². The minimum atomic E-state index is 0.374. The number of hydrogen-bond donors (Lipinski definition) is 2. The molecule has 0 aromatic carbocycles. The lowest BCUT2D eigenvalue weighted by Crippen LogP contribution is -1.85. The highest BCUT2D eigenvalue weighted by molar-refractivity contribution is 4.58. The maximum Gasteiger partial charge on any atom is 0.0431 e. The Morgan fingerprint density at radius 1 is 0.0556 bits per heavy atom. The molecule has 0 aliphatic heterocycles. The van der Waals surface area contributed by atoms with Gasteiger partial charge in [-0.15, -0.1) is 0 Å². The molecule has 0 heterocycles. The van der Waals surface area contributed by atoms with Crippen molar-refractivity contribution in [3.05, 3.63) is 0 Å². The fourth-order valence-corrected chi connectivity index (χ4v) is 15.1. The number of aliphatic hydroxyl groups excluding tert-OH is 2. The van der Waals surface area contributed by atoms with Crippen molar-refractivity contribution in [1.29, 1.82) is 0 Å². The van der Waals surface area contributed by atoms with Gasteiger partial charge in [-0.2, -0.15) is 0 Å². The standard InChI is InChI=1S/C88H178O2/c89-87-85-83-81-79-77-75-73-71-69-67-65-63-61-59-57-55-53-51-49-47-45-43-41-39-37-35-33-31-29-27-25-23-21-19-17-15-13-11-9-7-5-3-1-2-4-6-8-10-12-14-16-18-20-22-24-26-28-30-32-34-36-38-40-42-44-46-48-50-52-54-56-58-60-62-64-66-68-70-72-74-76-78-80-82-84-86-88-90/h89-90H,1-88H2. The summed E-state index contributed by atoms with van der Waals surface area (Å²) in [5, 5.41) is 17.7. The zero-order valence-corrected chi connectivity index (χ0v) is 63.1. The molecule has 0 aliphatic rings. The third-order valence-electron chi connectivity index (χ3n) is 21.6. The normalized spacial score (nSPS) is 11.8. The highest BCUT2D eigenvalue weighted by Gasteiger charge is 2.03. The molecule has 0 rings (SSSR count). The molecule has 0 spiro atoms. The van der Waals surface area contributed by atoms with Crippen molar-refractivity contribution >= 4 is 0 Å². The second-order valence-corrected chi connectivity index (χ2v) is 30.9. The van der Waals surface area contributed by atoms with Gasteiger partial charge < -0.3 is 10.2 Å². The van der Waals surface area contributed by atoms with E-state index in [-0.39, 0.29) is 0 Å². The van der Waals surface area contributed by atoms with E-state index in [0.29, 0.717) is 13.2 Å². The van der Waals surface area contributed by atoms with Crippen molar-refractivity contribution < 1.29 is 10.2 Å². The van der Waals surface area contributed by atoms with Crippen molar-refractivity contribution in [2.75, 3.05) is 13.2 Å². The molecule has 0 radical (unpaired) electrons. The molecular weight excluding hydrogens is 1090 g/mol. The fourth-order valence-electron chi connectivity index (χ4n) is 15.1. The van der Waals surface area contributed by atoms with E-state index in [9.17, 15) is 0 Å². The van der Waals surface area contributed by atoms with Crippen LogP contribution in [0.3, 0.4) is 0 Å². The first-order valence-electron chi connectivity index (χ1n) is 44.1. The predicted molar refractivity (Wildman–Crippen MR) is 411 cm³/mol. The lowest BCUT2D eigenvalue weighted by Gasteiger charge is -2.05. The molecule has 0 aromatic heterocycles. The van der Waals surface area contributed by atoms with Gasteiger partial charge in [-0.05, 0) is 12.8 Å². The Hall–Kier alpha value is -0.0800. The molecule has 0 unspecified atom stereocenters. The van der Waals surface area contributed by atoms with E-state index in [1.54, 1.807) is 0 Å². The molecule has 2 N–H and O–H groups in total. The van der Waals surface area contributed by atoms with Crippen LogP contribution in [0.4, 0.5) is 0 Å². The van der Waals surface area contributed by atoms with Crippen molar-refractivity contribution in [3.8, 4) is 0 Å². The number of aliphatic hydroxyl groups is 2. The van der Waals surface area contributed by atoms with Crippen LogP contribution in [-0.2, 0) is 0 Å². The number of rotatable bonds is 87. The van der Waals surface area contributed by atoms with Gasteiger partial charge in [0, 0.05) is 13.2 Å². The molecule has 0 aromatic rings. The Balaban J connectivity index is 3.08. The second-order valence-electron chi connectivity index (χ2n) is 30.9. The summed E-state index contributed by atoms with van der Waals surface area (Å²) < 4.78 is 0. The molecule has 2 heteroatoms. The van der Waals surface area contributed by atoms with Gasteiger partial charge in [-0.25, -0.2) is 0 Å². The summed E-state index contributed by atoms with van der Waals surface area (Å²) in [4.78, 5) is 0. The van der Waals surface area contributed by atoms with Crippen LogP contribution in [0.15, 0.2) is 0 Å². The van der Waals surface area contributed by atoms with Crippen molar-refractivity contribution in [3.63, 3.8) is 0 Å². The summed E-state index contributed by atoms with van der Waals surface area (Å²) in [5.41, 5.74) is 0. The van der Waals surface area contributed by atoms with Gasteiger partial charge >= 0.3 is 0 Å². The number of unbranched alkanes of at least 4 members (excludes halogenated alkanes) is 85. The Kier molecular flexibility index (Phi) is 88.8. The maximum absolute atomic E-state index is 8.85. The highest BCUT2D eigenvalue weighted by Crippen LogP contribution is 2.22. The molecule has 2 nitrogen and oxygen atoms in total. The average Bonchev–Trinajstić information content (AvgIpc) is 3.55. The minimum absolute atomic E-state index is 0.374. The maximum atomic E-state index is 8.85. The molecule has 0 amide bonds. The first-order chi connectivity index (χ1) is 44.9. The summed E-state index contributed by atoms with van der Waals surface area (Å²) in [7, 11) is 0. The second kappa shape index (κ2) is 88.9. The van der Waals surface area contributed by atoms with Crippen LogP contribution in [0.1, 0.15) is 552 Å². The van der Waals surface area contributed by atoms with E-state index in [1.807, 2.05) is 0 Å². The van der Waals surface area contributed by atoms with Gasteiger partial charge in [0.1, 0.15) is 0 Å². The van der Waals surface area contributed by atoms with Crippen molar-refractivity contribution in [1.82, 2.24) is 0 Å². The first-order valence-corrected chi connectivity index (χ1v) is 44.1. The minimum Gasteiger partial charge on any atom is -0.396 e. The summed E-state index contributed by atoms with van der Waals surface area (Å²) in [6.07, 6.45) is 126. The zero-order chi connectivity index (χ0) is 64.2. The largest absolute Gasteiger partial charge is 0.396 e. The van der Waals surface area contributed by atoms with Gasteiger partial charge in [0.05, 0.1) is 0 Å². The molecule has 0 saturated carbocycles. The van der Waals surface area contributed by atoms with E-state index in [0.717, 1.165) is 12.8 Å². The Bertz CT molecular complexity index is 1060. The quantitative estimate of drug-likeness (QED) is 0.0596. The molecule has 0 saturated heterocycles. The van der Waals surface area contributed by atoms with Gasteiger partial charge in [-0.3, -0.25) is 0 Å². The fraction of sp³-hybridized carbons (Fsp3) is 1.00. The Morgan fingerprint density at radius 3 is 0.122 bits per heavy atom. The van der Waals surface area contributed by atoms with E-state index in [2.05, 4.69) is 0 Å². The van der Waals surface area contributed by atoms with Crippen LogP contribution in [0.5, 0.6) is 0 Å². The Labute approximate surface area is 572 Å². The Morgan fingerprint density at radius 2 is 0.0889 bits per heavy atom. The first kappa shape index (κ1) is 89.9. The lowest BCUT2D eigenvalue weighted by molar-refractivity contribution is 0.282. The summed E-state index contributed by atoms with van der Waals surface area (Å²) in [6, 6.07) is 0. The molecule has 542 valence electrons. The molecular formula is C88H178O2. The monoisotopic (exact) mass is 1270 g/mol. The average molecular weight is 1270 g/mol. The van der Waals surface area contributed by atoms with E-state index < -0.39 is 0 Å². The lowest BCUT2D eigenvalue weighted by atomic mass is 10.0. The highest BCUT2D eigenvalue weighted by atomic mass is 16.3. The van der Waals surface area contributed by atoms with Crippen LogP contribution in [-0.4, -0.2) is 23.4 Å². The molecule has 90 heavy (non-hydrogen) atoms. The smallest absolute Gasteiger partial charge is 0.0431 e. The summed E-state index contributed by atoms with van der Waals surface area (Å²) in [6.45, 7) is 0.749.